The van der Waals surface area contributed by atoms with Crippen LogP contribution in [0.3, 0.4) is 0 Å². The van der Waals surface area contributed by atoms with Gasteiger partial charge < -0.3 is 58.1 Å². The highest BCUT2D eigenvalue weighted by Crippen LogP contribution is 2.25. The summed E-state index contributed by atoms with van der Waals surface area (Å²) in [4.78, 5) is 127. The number of primary amides is 1. The molecular weight excluding hydrogens is 702 g/mol. The predicted octanol–water partition coefficient (Wildman–Crippen LogP) is -4.13. The van der Waals surface area contributed by atoms with Gasteiger partial charge in [0.2, 0.25) is 47.3 Å². The van der Waals surface area contributed by atoms with Crippen LogP contribution >= 0.6 is 0 Å². The van der Waals surface area contributed by atoms with Crippen molar-refractivity contribution < 1.29 is 58.2 Å². The second-order valence-corrected chi connectivity index (χ2v) is 13.3. The molecule has 0 radical (unpaired) electrons. The monoisotopic (exact) mass is 753 g/mol. The van der Waals surface area contributed by atoms with E-state index in [-0.39, 0.29) is 64.1 Å². The van der Waals surface area contributed by atoms with Gasteiger partial charge in [-0.2, -0.15) is 0 Å². The summed E-state index contributed by atoms with van der Waals surface area (Å²) in [6.07, 6.45) is 0.118. The maximum atomic E-state index is 13.7. The molecule has 8 amide bonds. The van der Waals surface area contributed by atoms with Crippen LogP contribution in [0.2, 0.25) is 0 Å². The van der Waals surface area contributed by atoms with Crippen molar-refractivity contribution in [2.24, 2.45) is 17.4 Å². The van der Waals surface area contributed by atoms with Gasteiger partial charge in [-0.1, -0.05) is 13.8 Å². The highest BCUT2D eigenvalue weighted by atomic mass is 16.4. The number of hydrogen-bond acceptors (Lipinski definition) is 11. The van der Waals surface area contributed by atoms with Gasteiger partial charge in [-0.05, 0) is 50.9 Å². The van der Waals surface area contributed by atoms with E-state index in [0.29, 0.717) is 12.8 Å². The second kappa shape index (κ2) is 21.2. The topological polar surface area (TPSA) is 330 Å². The van der Waals surface area contributed by atoms with Crippen molar-refractivity contribution >= 4 is 59.2 Å². The molecule has 0 aromatic rings. The minimum Gasteiger partial charge on any atom is -0.481 e. The van der Waals surface area contributed by atoms with E-state index in [0.717, 1.165) is 0 Å². The van der Waals surface area contributed by atoms with Gasteiger partial charge in [0, 0.05) is 25.9 Å². The molecule has 5 unspecified atom stereocenters. The number of aliphatic carboxylic acids is 2. The number of nitrogens with zero attached hydrogens (tertiary/aromatic N) is 2. The van der Waals surface area contributed by atoms with E-state index in [2.05, 4.69) is 26.6 Å². The van der Waals surface area contributed by atoms with Gasteiger partial charge in [0.25, 0.3) is 0 Å². The Morgan fingerprint density at radius 1 is 0.717 bits per heavy atom. The Morgan fingerprint density at radius 2 is 1.34 bits per heavy atom. The summed E-state index contributed by atoms with van der Waals surface area (Å²) in [5.41, 5.74) is 10.3. The van der Waals surface area contributed by atoms with Crippen molar-refractivity contribution in [1.29, 1.82) is 0 Å². The Morgan fingerprint density at radius 3 is 1.92 bits per heavy atom. The SMILES string of the molecule is CC(C)CC(NC(=O)CNC(=O)CN)C(=O)NC(CCC(=O)O)C(=O)NCC(=O)N1CCCC1C(=O)N1CCCC1C(=O)NC(CCC(N)=O)C(=O)O. The highest BCUT2D eigenvalue weighted by Gasteiger charge is 2.43. The lowest BCUT2D eigenvalue weighted by molar-refractivity contribution is -0.148. The van der Waals surface area contributed by atoms with E-state index in [1.54, 1.807) is 13.8 Å². The molecule has 296 valence electrons. The summed E-state index contributed by atoms with van der Waals surface area (Å²) in [5, 5.41) is 30.7. The molecule has 2 aliphatic rings. The Balaban J connectivity index is 2.09. The summed E-state index contributed by atoms with van der Waals surface area (Å²) in [7, 11) is 0. The molecule has 11 N–H and O–H groups in total. The van der Waals surface area contributed by atoms with Gasteiger partial charge in [0.1, 0.15) is 30.2 Å². The van der Waals surface area contributed by atoms with E-state index in [9.17, 15) is 58.2 Å². The lowest BCUT2D eigenvalue weighted by Gasteiger charge is -2.31. The van der Waals surface area contributed by atoms with E-state index in [1.807, 2.05) is 0 Å². The molecule has 2 heterocycles. The molecule has 2 saturated heterocycles. The van der Waals surface area contributed by atoms with Crippen molar-refractivity contribution in [3.05, 3.63) is 0 Å². The minimum atomic E-state index is -1.42. The lowest BCUT2D eigenvalue weighted by atomic mass is 10.0. The zero-order valence-corrected chi connectivity index (χ0v) is 29.9. The molecule has 0 bridgehead atoms. The maximum Gasteiger partial charge on any atom is 0.326 e. The van der Waals surface area contributed by atoms with Gasteiger partial charge in [0.05, 0.1) is 19.6 Å². The highest BCUT2D eigenvalue weighted by molar-refractivity contribution is 5.96. The van der Waals surface area contributed by atoms with Crippen LogP contribution in [-0.2, 0) is 47.9 Å². The molecule has 5 atom stereocenters. The van der Waals surface area contributed by atoms with Crippen LogP contribution in [0.25, 0.3) is 0 Å². The first kappa shape index (κ1) is 43.8. The number of carbonyl (C=O) groups excluding carboxylic acids is 8. The van der Waals surface area contributed by atoms with E-state index < -0.39 is 109 Å². The fourth-order valence-corrected chi connectivity index (χ4v) is 6.02. The van der Waals surface area contributed by atoms with Crippen molar-refractivity contribution in [3.8, 4) is 0 Å². The van der Waals surface area contributed by atoms with Crippen molar-refractivity contribution in [1.82, 2.24) is 36.4 Å². The molecule has 2 fully saturated rings. The van der Waals surface area contributed by atoms with Gasteiger partial charge in [-0.3, -0.25) is 43.2 Å². The second-order valence-electron chi connectivity index (χ2n) is 13.3. The van der Waals surface area contributed by atoms with Crippen LogP contribution in [-0.4, -0.2) is 142 Å². The third-order valence-electron chi connectivity index (χ3n) is 8.67. The van der Waals surface area contributed by atoms with Gasteiger partial charge in [-0.15, -0.1) is 0 Å². The van der Waals surface area contributed by atoms with Crippen LogP contribution < -0.4 is 38.1 Å². The molecular formula is C32H51N9O12. The first-order valence-electron chi connectivity index (χ1n) is 17.4. The summed E-state index contributed by atoms with van der Waals surface area (Å²) in [5.74, 6) is -8.37. The van der Waals surface area contributed by atoms with Crippen LogP contribution in [0.5, 0.6) is 0 Å². The van der Waals surface area contributed by atoms with Gasteiger partial charge in [0.15, 0.2) is 0 Å². The predicted molar refractivity (Wildman–Crippen MR) is 183 cm³/mol. The minimum absolute atomic E-state index is 0.107. The molecule has 0 saturated carbocycles. The largest absolute Gasteiger partial charge is 0.481 e. The smallest absolute Gasteiger partial charge is 0.326 e. The van der Waals surface area contributed by atoms with Gasteiger partial charge >= 0.3 is 11.9 Å². The third kappa shape index (κ3) is 14.3. The van der Waals surface area contributed by atoms with Crippen LogP contribution in [0.4, 0.5) is 0 Å². The third-order valence-corrected chi connectivity index (χ3v) is 8.67. The molecule has 2 rings (SSSR count). The summed E-state index contributed by atoms with van der Waals surface area (Å²) in [6, 6.07) is -5.97. The number of carboxylic acids is 2. The maximum absolute atomic E-state index is 13.7. The zero-order valence-electron chi connectivity index (χ0n) is 29.9. The van der Waals surface area contributed by atoms with Crippen molar-refractivity contribution in [2.45, 2.75) is 102 Å². The molecule has 21 heteroatoms. The first-order valence-corrected chi connectivity index (χ1v) is 17.4. The lowest BCUT2D eigenvalue weighted by Crippen LogP contribution is -2.57. The summed E-state index contributed by atoms with van der Waals surface area (Å²) >= 11 is 0. The Kier molecular flexibility index (Phi) is 17.6. The molecule has 0 spiro atoms. The fraction of sp³-hybridized carbons (Fsp3) is 0.688. The average molecular weight is 754 g/mol. The molecule has 53 heavy (non-hydrogen) atoms. The Bertz CT molecular complexity index is 1410. The standard InChI is InChI=1S/C32H51N9O12/c1-17(2)13-20(37-25(44)15-35-24(43)14-33)29(49)38-18(8-10-27(46)47)28(48)36-16-26(45)40-11-4-6-22(40)31(51)41-12-3-5-21(41)30(50)39-19(32(52)53)7-9-23(34)42/h17-22H,3-16,33H2,1-2H3,(H2,34,42)(H,35,43)(H,36,48)(H,37,44)(H,38,49)(H,39,50)(H,46,47)(H,52,53). The Hall–Kier alpha value is -5.34. The normalized spacial score (nSPS) is 18.3. The fourth-order valence-electron chi connectivity index (χ4n) is 6.02. The quantitative estimate of drug-likeness (QED) is 0.0539. The average Bonchev–Trinajstić information content (AvgIpc) is 3.79. The number of nitrogens with one attached hydrogen (secondary N) is 5. The number of carbonyl (C=O) groups is 10. The van der Waals surface area contributed by atoms with Gasteiger partial charge in [-0.25, -0.2) is 4.79 Å². The number of carboxylic acid groups (broad SMARTS) is 2. The number of rotatable bonds is 21. The number of likely N-dealkylation sites (tertiary alicyclic amines) is 2. The number of nitrogens with two attached hydrogens (primary N) is 2. The van der Waals surface area contributed by atoms with E-state index in [1.165, 1.54) is 9.80 Å². The van der Waals surface area contributed by atoms with Crippen molar-refractivity contribution in [3.63, 3.8) is 0 Å². The zero-order chi connectivity index (χ0) is 39.8. The summed E-state index contributed by atoms with van der Waals surface area (Å²) in [6.45, 7) is 2.47. The first-order chi connectivity index (χ1) is 24.9. The van der Waals surface area contributed by atoms with Crippen LogP contribution in [0.15, 0.2) is 0 Å². The Labute approximate surface area is 305 Å². The van der Waals surface area contributed by atoms with E-state index >= 15 is 0 Å². The summed E-state index contributed by atoms with van der Waals surface area (Å²) < 4.78 is 0. The van der Waals surface area contributed by atoms with Crippen LogP contribution in [0, 0.1) is 5.92 Å². The molecule has 2 aliphatic heterocycles. The van der Waals surface area contributed by atoms with E-state index in [4.69, 9.17) is 11.5 Å². The molecule has 0 aromatic heterocycles. The molecule has 21 nitrogen and oxygen atoms in total. The van der Waals surface area contributed by atoms with Crippen molar-refractivity contribution in [2.75, 3.05) is 32.7 Å². The molecule has 0 aliphatic carbocycles. The van der Waals surface area contributed by atoms with Crippen LogP contribution in [0.1, 0.15) is 71.6 Å². The number of hydrogen-bond donors (Lipinski definition) is 9. The number of amides is 8. The molecule has 0 aromatic carbocycles.